The van der Waals surface area contributed by atoms with Crippen LogP contribution in [-0.2, 0) is 19.1 Å². The van der Waals surface area contributed by atoms with E-state index in [1.807, 2.05) is 0 Å². The molecule has 2 atom stereocenters. The fraction of sp³-hybridized carbons (Fsp3) is 0.529. The lowest BCUT2D eigenvalue weighted by Gasteiger charge is -2.31. The molecule has 5 nitrogen and oxygen atoms in total. The number of ether oxygens (including phenoxy) is 2. The summed E-state index contributed by atoms with van der Waals surface area (Å²) in [6.07, 6.45) is 1.14. The van der Waals surface area contributed by atoms with Gasteiger partial charge in [0.25, 0.3) is 0 Å². The number of rotatable bonds is 5. The first-order valence-electron chi connectivity index (χ1n) is 7.83. The van der Waals surface area contributed by atoms with Crippen LogP contribution in [0.15, 0.2) is 18.2 Å². The summed E-state index contributed by atoms with van der Waals surface area (Å²) in [4.78, 5) is 25.4. The fourth-order valence-electron chi connectivity index (χ4n) is 2.63. The monoisotopic (exact) mass is 373 g/mol. The van der Waals surface area contributed by atoms with Gasteiger partial charge >= 0.3 is 5.97 Å². The number of nitrogens with zero attached hydrogens (tertiary/aromatic N) is 1. The van der Waals surface area contributed by atoms with Crippen LogP contribution >= 0.6 is 23.2 Å². The van der Waals surface area contributed by atoms with Gasteiger partial charge in [-0.2, -0.15) is 0 Å². The number of carbonyl (C=O) groups excluding carboxylic acids is 2. The summed E-state index contributed by atoms with van der Waals surface area (Å²) in [6.45, 7) is 0.625. The Bertz CT molecular complexity index is 606. The lowest BCUT2D eigenvalue weighted by Crippen LogP contribution is -2.31. The molecule has 1 aromatic carbocycles. The fourth-order valence-corrected chi connectivity index (χ4v) is 3.15. The Labute approximate surface area is 151 Å². The molecular formula is C17H21Cl2NO4. The number of esters is 1. The molecule has 0 radical (unpaired) electrons. The first kappa shape index (κ1) is 19.0. The summed E-state index contributed by atoms with van der Waals surface area (Å²) >= 11 is 12.2. The molecule has 1 aliphatic heterocycles. The lowest BCUT2D eigenvalue weighted by molar-refractivity contribution is -0.159. The normalized spacial score (nSPS) is 20.5. The first-order valence-corrected chi connectivity index (χ1v) is 8.59. The van der Waals surface area contributed by atoms with Crippen molar-refractivity contribution in [1.82, 2.24) is 4.90 Å². The zero-order valence-electron chi connectivity index (χ0n) is 13.8. The Balaban J connectivity index is 2.03. The third-order valence-corrected chi connectivity index (χ3v) is 4.52. The van der Waals surface area contributed by atoms with Crippen molar-refractivity contribution in [3.63, 3.8) is 0 Å². The lowest BCUT2D eigenvalue weighted by atomic mass is 9.89. The minimum atomic E-state index is -0.458. The van der Waals surface area contributed by atoms with Crippen LogP contribution in [0.5, 0.6) is 0 Å². The Morgan fingerprint density at radius 3 is 2.75 bits per heavy atom. The van der Waals surface area contributed by atoms with E-state index in [1.54, 1.807) is 32.3 Å². The molecule has 132 valence electrons. The summed E-state index contributed by atoms with van der Waals surface area (Å²) in [5, 5.41) is 0.996. The van der Waals surface area contributed by atoms with Crippen LogP contribution in [0.3, 0.4) is 0 Å². The van der Waals surface area contributed by atoms with Crippen LogP contribution in [0.4, 0.5) is 0 Å². The topological polar surface area (TPSA) is 55.8 Å². The zero-order chi connectivity index (χ0) is 17.7. The molecular weight excluding hydrogens is 353 g/mol. The van der Waals surface area contributed by atoms with Gasteiger partial charge in [0.2, 0.25) is 5.91 Å². The Morgan fingerprint density at radius 2 is 2.08 bits per heavy atom. The predicted octanol–water partition coefficient (Wildman–Crippen LogP) is 3.48. The molecule has 0 bridgehead atoms. The second-order valence-electron chi connectivity index (χ2n) is 5.91. The van der Waals surface area contributed by atoms with E-state index in [0.29, 0.717) is 23.1 Å². The standard InChI is InChI=1S/C17H21Cl2NO4/c1-20(2)15(21)7-9-24-17(22)13-4-3-8-23-16(13)12-6-5-11(18)10-14(12)19/h5-6,10,13,16H,3-4,7-9H2,1-2H3/t13-,16-/m0/s1. The molecule has 1 aliphatic rings. The van der Waals surface area contributed by atoms with Crippen molar-refractivity contribution >= 4 is 35.1 Å². The van der Waals surface area contributed by atoms with Gasteiger partial charge in [0.15, 0.2) is 0 Å². The molecule has 1 fully saturated rings. The van der Waals surface area contributed by atoms with Crippen molar-refractivity contribution in [3.8, 4) is 0 Å². The average Bonchev–Trinajstić information content (AvgIpc) is 2.54. The largest absolute Gasteiger partial charge is 0.465 e. The quantitative estimate of drug-likeness (QED) is 0.741. The first-order chi connectivity index (χ1) is 11.4. The molecule has 2 rings (SSSR count). The highest BCUT2D eigenvalue weighted by atomic mass is 35.5. The number of benzene rings is 1. The number of carbonyl (C=O) groups is 2. The van der Waals surface area contributed by atoms with Gasteiger partial charge in [-0.05, 0) is 25.0 Å². The van der Waals surface area contributed by atoms with Crippen LogP contribution in [0.1, 0.15) is 30.9 Å². The van der Waals surface area contributed by atoms with Crippen molar-refractivity contribution in [2.45, 2.75) is 25.4 Å². The summed E-state index contributed by atoms with van der Waals surface area (Å²) in [5.74, 6) is -0.885. The van der Waals surface area contributed by atoms with E-state index in [2.05, 4.69) is 0 Å². The van der Waals surface area contributed by atoms with Gasteiger partial charge in [0, 0.05) is 36.3 Å². The SMILES string of the molecule is CN(C)C(=O)CCOC(=O)[C@H]1CCCO[C@H]1c1ccc(Cl)cc1Cl. The molecule has 1 amide bonds. The zero-order valence-corrected chi connectivity index (χ0v) is 15.3. The van der Waals surface area contributed by atoms with Crippen LogP contribution in [0, 0.1) is 5.92 Å². The number of halogens is 2. The van der Waals surface area contributed by atoms with Crippen molar-refractivity contribution in [1.29, 1.82) is 0 Å². The molecule has 1 aromatic rings. The molecule has 7 heteroatoms. The van der Waals surface area contributed by atoms with Gasteiger partial charge in [-0.3, -0.25) is 9.59 Å². The van der Waals surface area contributed by atoms with E-state index >= 15 is 0 Å². The minimum Gasteiger partial charge on any atom is -0.465 e. The highest BCUT2D eigenvalue weighted by molar-refractivity contribution is 6.35. The average molecular weight is 374 g/mol. The van der Waals surface area contributed by atoms with Crippen molar-refractivity contribution in [2.24, 2.45) is 5.92 Å². The third kappa shape index (κ3) is 4.85. The van der Waals surface area contributed by atoms with Crippen LogP contribution in [-0.4, -0.2) is 44.1 Å². The molecule has 0 aromatic heterocycles. The highest BCUT2D eigenvalue weighted by Gasteiger charge is 2.35. The van der Waals surface area contributed by atoms with Crippen LogP contribution in [0.2, 0.25) is 10.0 Å². The number of amides is 1. The van der Waals surface area contributed by atoms with E-state index in [0.717, 1.165) is 12.0 Å². The van der Waals surface area contributed by atoms with E-state index in [-0.39, 0.29) is 24.9 Å². The number of hydrogen-bond acceptors (Lipinski definition) is 4. The molecule has 24 heavy (non-hydrogen) atoms. The smallest absolute Gasteiger partial charge is 0.311 e. The number of hydrogen-bond donors (Lipinski definition) is 0. The maximum Gasteiger partial charge on any atom is 0.311 e. The van der Waals surface area contributed by atoms with Gasteiger partial charge < -0.3 is 14.4 Å². The Kier molecular flexibility index (Phi) is 6.90. The van der Waals surface area contributed by atoms with Gasteiger partial charge in [-0.25, -0.2) is 0 Å². The predicted molar refractivity (Wildman–Crippen MR) is 92.1 cm³/mol. The Morgan fingerprint density at radius 1 is 1.33 bits per heavy atom. The summed E-state index contributed by atoms with van der Waals surface area (Å²) in [5.41, 5.74) is 0.729. The summed E-state index contributed by atoms with van der Waals surface area (Å²) in [7, 11) is 3.33. The van der Waals surface area contributed by atoms with Crippen molar-refractivity contribution in [3.05, 3.63) is 33.8 Å². The van der Waals surface area contributed by atoms with E-state index < -0.39 is 12.0 Å². The van der Waals surface area contributed by atoms with E-state index in [4.69, 9.17) is 32.7 Å². The van der Waals surface area contributed by atoms with Gasteiger partial charge in [0.1, 0.15) is 6.61 Å². The third-order valence-electron chi connectivity index (χ3n) is 3.95. The van der Waals surface area contributed by atoms with Crippen LogP contribution in [0.25, 0.3) is 0 Å². The van der Waals surface area contributed by atoms with Crippen molar-refractivity contribution in [2.75, 3.05) is 27.3 Å². The summed E-state index contributed by atoms with van der Waals surface area (Å²) in [6, 6.07) is 5.13. The van der Waals surface area contributed by atoms with Crippen LogP contribution < -0.4 is 0 Å². The minimum absolute atomic E-state index is 0.0629. The molecule has 0 saturated carbocycles. The molecule has 0 spiro atoms. The van der Waals surface area contributed by atoms with E-state index in [9.17, 15) is 9.59 Å². The van der Waals surface area contributed by atoms with Crippen molar-refractivity contribution < 1.29 is 19.1 Å². The maximum atomic E-state index is 12.4. The molecule has 0 unspecified atom stereocenters. The molecule has 1 heterocycles. The Hall–Kier alpha value is -1.30. The molecule has 0 aliphatic carbocycles. The van der Waals surface area contributed by atoms with Gasteiger partial charge in [-0.1, -0.05) is 29.3 Å². The second-order valence-corrected chi connectivity index (χ2v) is 6.76. The molecule has 1 saturated heterocycles. The summed E-state index contributed by atoms with van der Waals surface area (Å²) < 4.78 is 11.1. The molecule has 0 N–H and O–H groups in total. The van der Waals surface area contributed by atoms with E-state index in [1.165, 1.54) is 4.90 Å². The maximum absolute atomic E-state index is 12.4. The highest BCUT2D eigenvalue weighted by Crippen LogP contribution is 2.38. The second kappa shape index (κ2) is 8.70. The van der Waals surface area contributed by atoms with Gasteiger partial charge in [-0.15, -0.1) is 0 Å². The van der Waals surface area contributed by atoms with Gasteiger partial charge in [0.05, 0.1) is 18.4 Å².